The van der Waals surface area contributed by atoms with Crippen molar-refractivity contribution in [3.05, 3.63) is 22.7 Å². The SMILES string of the molecule is C[C@@H]1CCCCN1c1c(N)cc(C(N)=O)cc1Cl. The summed E-state index contributed by atoms with van der Waals surface area (Å²) in [5.41, 5.74) is 13.0. The Kier molecular flexibility index (Phi) is 3.66. The van der Waals surface area contributed by atoms with E-state index in [1.165, 1.54) is 6.42 Å². The zero-order valence-corrected chi connectivity index (χ0v) is 11.2. The molecule has 1 saturated heterocycles. The summed E-state index contributed by atoms with van der Waals surface area (Å²) in [6.07, 6.45) is 3.50. The average Bonchev–Trinajstić information content (AvgIpc) is 2.30. The van der Waals surface area contributed by atoms with Crippen LogP contribution in [-0.4, -0.2) is 18.5 Å². The van der Waals surface area contributed by atoms with E-state index in [1.54, 1.807) is 12.1 Å². The summed E-state index contributed by atoms with van der Waals surface area (Å²) in [5, 5.41) is 0.498. The van der Waals surface area contributed by atoms with E-state index < -0.39 is 5.91 Å². The number of piperidine rings is 1. The lowest BCUT2D eigenvalue weighted by molar-refractivity contribution is 0.100. The lowest BCUT2D eigenvalue weighted by Gasteiger charge is -2.36. The molecule has 1 heterocycles. The maximum absolute atomic E-state index is 11.2. The number of rotatable bonds is 2. The highest BCUT2D eigenvalue weighted by atomic mass is 35.5. The highest BCUT2D eigenvalue weighted by Gasteiger charge is 2.23. The zero-order chi connectivity index (χ0) is 13.3. The molecule has 1 aromatic rings. The van der Waals surface area contributed by atoms with Crippen LogP contribution in [0, 0.1) is 0 Å². The van der Waals surface area contributed by atoms with Crippen LogP contribution < -0.4 is 16.4 Å². The Hall–Kier alpha value is -1.42. The van der Waals surface area contributed by atoms with Gasteiger partial charge in [-0.1, -0.05) is 11.6 Å². The molecule has 0 unspecified atom stereocenters. The highest BCUT2D eigenvalue weighted by Crippen LogP contribution is 2.36. The van der Waals surface area contributed by atoms with E-state index in [0.717, 1.165) is 25.1 Å². The summed E-state index contributed by atoms with van der Waals surface area (Å²) in [4.78, 5) is 13.4. The molecule has 0 spiro atoms. The van der Waals surface area contributed by atoms with Gasteiger partial charge in [0, 0.05) is 18.2 Å². The van der Waals surface area contributed by atoms with Gasteiger partial charge < -0.3 is 16.4 Å². The standard InChI is InChI=1S/C13H18ClN3O/c1-8-4-2-3-5-17(8)12-10(14)6-9(13(16)18)7-11(12)15/h6-8H,2-5,15H2,1H3,(H2,16,18)/t8-/m1/s1. The van der Waals surface area contributed by atoms with E-state index >= 15 is 0 Å². The van der Waals surface area contributed by atoms with Crippen molar-refractivity contribution < 1.29 is 4.79 Å². The number of nitrogens with two attached hydrogens (primary N) is 2. The molecule has 0 aliphatic carbocycles. The van der Waals surface area contributed by atoms with E-state index in [9.17, 15) is 4.79 Å². The molecule has 5 heteroatoms. The van der Waals surface area contributed by atoms with Gasteiger partial charge in [-0.2, -0.15) is 0 Å². The molecule has 4 nitrogen and oxygen atoms in total. The number of anilines is 2. The van der Waals surface area contributed by atoms with Crippen molar-refractivity contribution in [3.63, 3.8) is 0 Å². The second kappa shape index (κ2) is 5.06. The Morgan fingerprint density at radius 1 is 1.44 bits per heavy atom. The summed E-state index contributed by atoms with van der Waals surface area (Å²) >= 11 is 6.25. The molecule has 1 atom stereocenters. The average molecular weight is 268 g/mol. The summed E-state index contributed by atoms with van der Waals surface area (Å²) in [6.45, 7) is 3.11. The van der Waals surface area contributed by atoms with E-state index in [0.29, 0.717) is 22.3 Å². The third-order valence-electron chi connectivity index (χ3n) is 3.47. The van der Waals surface area contributed by atoms with Crippen LogP contribution in [0.4, 0.5) is 11.4 Å². The maximum Gasteiger partial charge on any atom is 0.248 e. The molecule has 0 radical (unpaired) electrons. The number of hydrogen-bond donors (Lipinski definition) is 2. The van der Waals surface area contributed by atoms with E-state index in [-0.39, 0.29) is 0 Å². The number of benzene rings is 1. The first kappa shape index (κ1) is 13.0. The van der Waals surface area contributed by atoms with Gasteiger partial charge in [-0.3, -0.25) is 4.79 Å². The van der Waals surface area contributed by atoms with Gasteiger partial charge in [0.25, 0.3) is 0 Å². The van der Waals surface area contributed by atoms with Crippen LogP contribution in [0.2, 0.25) is 5.02 Å². The zero-order valence-electron chi connectivity index (χ0n) is 10.4. The first-order valence-corrected chi connectivity index (χ1v) is 6.54. The second-order valence-corrected chi connectivity index (χ2v) is 5.21. The molecule has 0 bridgehead atoms. The minimum atomic E-state index is -0.512. The van der Waals surface area contributed by atoms with Gasteiger partial charge in [0.2, 0.25) is 5.91 Å². The molecule has 4 N–H and O–H groups in total. The topological polar surface area (TPSA) is 72.3 Å². The van der Waals surface area contributed by atoms with Crippen LogP contribution in [-0.2, 0) is 0 Å². The third kappa shape index (κ3) is 2.38. The molecule has 1 aliphatic rings. The van der Waals surface area contributed by atoms with Crippen LogP contribution in [0.1, 0.15) is 36.5 Å². The molecule has 0 aromatic heterocycles. The number of hydrogen-bond acceptors (Lipinski definition) is 3. The summed E-state index contributed by atoms with van der Waals surface area (Å²) < 4.78 is 0. The maximum atomic E-state index is 11.2. The number of nitrogen functional groups attached to an aromatic ring is 1. The first-order valence-electron chi connectivity index (χ1n) is 6.16. The van der Waals surface area contributed by atoms with Crippen molar-refractivity contribution in [2.75, 3.05) is 17.2 Å². The molecule has 0 saturated carbocycles. The predicted molar refractivity (Wildman–Crippen MR) is 75.0 cm³/mol. The van der Waals surface area contributed by atoms with Crippen molar-refractivity contribution in [3.8, 4) is 0 Å². The quantitative estimate of drug-likeness (QED) is 0.808. The molecular formula is C13H18ClN3O. The van der Waals surface area contributed by atoms with Gasteiger partial charge in [0.15, 0.2) is 0 Å². The Morgan fingerprint density at radius 3 is 2.72 bits per heavy atom. The summed E-state index contributed by atoms with van der Waals surface area (Å²) in [7, 11) is 0. The van der Waals surface area contributed by atoms with Crippen molar-refractivity contribution in [1.82, 2.24) is 0 Å². The number of carbonyl (C=O) groups is 1. The van der Waals surface area contributed by atoms with E-state index in [1.807, 2.05) is 0 Å². The van der Waals surface area contributed by atoms with Gasteiger partial charge in [0.05, 0.1) is 16.4 Å². The largest absolute Gasteiger partial charge is 0.397 e. The molecule has 1 aliphatic heterocycles. The predicted octanol–water partition coefficient (Wildman–Crippen LogP) is 2.40. The number of halogens is 1. The van der Waals surface area contributed by atoms with Gasteiger partial charge in [-0.15, -0.1) is 0 Å². The molecule has 1 amide bonds. The Labute approximate surface area is 112 Å². The van der Waals surface area contributed by atoms with Crippen LogP contribution in [0.25, 0.3) is 0 Å². The number of nitrogens with zero attached hydrogens (tertiary/aromatic N) is 1. The number of primary amides is 1. The second-order valence-electron chi connectivity index (χ2n) is 4.80. The molecular weight excluding hydrogens is 250 g/mol. The lowest BCUT2D eigenvalue weighted by Crippen LogP contribution is -2.38. The normalized spacial score (nSPS) is 19.9. The summed E-state index contributed by atoms with van der Waals surface area (Å²) in [6, 6.07) is 3.61. The van der Waals surface area contributed by atoms with Crippen molar-refractivity contribution in [1.29, 1.82) is 0 Å². The van der Waals surface area contributed by atoms with Gasteiger partial charge in [-0.25, -0.2) is 0 Å². The van der Waals surface area contributed by atoms with Crippen LogP contribution in [0.5, 0.6) is 0 Å². The molecule has 1 fully saturated rings. The first-order chi connectivity index (χ1) is 8.50. The smallest absolute Gasteiger partial charge is 0.248 e. The van der Waals surface area contributed by atoms with Crippen LogP contribution in [0.3, 0.4) is 0 Å². The Balaban J connectivity index is 2.41. The van der Waals surface area contributed by atoms with Crippen molar-refractivity contribution in [2.45, 2.75) is 32.2 Å². The fourth-order valence-corrected chi connectivity index (χ4v) is 2.83. The van der Waals surface area contributed by atoms with E-state index in [2.05, 4.69) is 11.8 Å². The highest BCUT2D eigenvalue weighted by molar-refractivity contribution is 6.34. The molecule has 98 valence electrons. The molecule has 18 heavy (non-hydrogen) atoms. The molecule has 2 rings (SSSR count). The minimum Gasteiger partial charge on any atom is -0.397 e. The Morgan fingerprint density at radius 2 is 2.17 bits per heavy atom. The van der Waals surface area contributed by atoms with Crippen LogP contribution >= 0.6 is 11.6 Å². The Bertz CT molecular complexity index is 452. The monoisotopic (exact) mass is 267 g/mol. The van der Waals surface area contributed by atoms with Crippen molar-refractivity contribution >= 4 is 28.9 Å². The fraction of sp³-hybridized carbons (Fsp3) is 0.462. The van der Waals surface area contributed by atoms with Gasteiger partial charge in [0.1, 0.15) is 0 Å². The van der Waals surface area contributed by atoms with E-state index in [4.69, 9.17) is 23.1 Å². The number of amides is 1. The van der Waals surface area contributed by atoms with Crippen LogP contribution in [0.15, 0.2) is 12.1 Å². The van der Waals surface area contributed by atoms with Gasteiger partial charge in [-0.05, 0) is 38.3 Å². The van der Waals surface area contributed by atoms with Crippen molar-refractivity contribution in [2.24, 2.45) is 5.73 Å². The van der Waals surface area contributed by atoms with Gasteiger partial charge >= 0.3 is 0 Å². The minimum absolute atomic E-state index is 0.353. The fourth-order valence-electron chi connectivity index (χ4n) is 2.50. The molecule has 1 aromatic carbocycles. The third-order valence-corrected chi connectivity index (χ3v) is 3.76. The number of carbonyl (C=O) groups excluding carboxylic acids is 1. The lowest BCUT2D eigenvalue weighted by atomic mass is 10.0. The summed E-state index contributed by atoms with van der Waals surface area (Å²) in [5.74, 6) is -0.512.